The van der Waals surface area contributed by atoms with Crippen LogP contribution in [0.15, 0.2) is 42.5 Å². The smallest absolute Gasteiger partial charge is 0.246 e. The molecule has 2 fully saturated rings. The highest BCUT2D eigenvalue weighted by atomic mass is 19.2. The van der Waals surface area contributed by atoms with E-state index in [0.29, 0.717) is 32.5 Å². The maximum Gasteiger partial charge on any atom is 0.246 e. The van der Waals surface area contributed by atoms with Gasteiger partial charge in [-0.1, -0.05) is 12.2 Å². The molecule has 1 unspecified atom stereocenters. The molecule has 37 heavy (non-hydrogen) atoms. The number of carbonyl (C=O) groups excluding carboxylic acids is 1. The predicted molar refractivity (Wildman–Crippen MR) is 133 cm³/mol. The van der Waals surface area contributed by atoms with Crippen LogP contribution < -0.4 is 0 Å². The first kappa shape index (κ1) is 25.7. The van der Waals surface area contributed by atoms with Crippen molar-refractivity contribution in [1.29, 1.82) is 0 Å². The summed E-state index contributed by atoms with van der Waals surface area (Å²) in [5.74, 6) is -3.18. The number of fused-ring (bicyclic) bond motifs is 2. The average Bonchev–Trinajstić information content (AvgIpc) is 3.20. The Balaban J connectivity index is 1.09. The first-order valence-electron chi connectivity index (χ1n) is 12.7. The zero-order chi connectivity index (χ0) is 26.2. The van der Waals surface area contributed by atoms with Gasteiger partial charge in [-0.15, -0.1) is 0 Å². The summed E-state index contributed by atoms with van der Waals surface area (Å²) < 4.78 is 54.2. The summed E-state index contributed by atoms with van der Waals surface area (Å²) in [5.41, 5.74) is 1.60. The number of carbonyl (C=O) groups is 1. The van der Waals surface area contributed by atoms with E-state index in [0.717, 1.165) is 55.3 Å². The zero-order valence-corrected chi connectivity index (χ0v) is 20.5. The maximum absolute atomic E-state index is 13.9. The highest BCUT2D eigenvalue weighted by molar-refractivity contribution is 5.91. The summed E-state index contributed by atoms with van der Waals surface area (Å²) in [7, 11) is 0. The lowest BCUT2D eigenvalue weighted by Crippen LogP contribution is -2.47. The molecule has 0 saturated carbocycles. The Labute approximate surface area is 213 Å². The van der Waals surface area contributed by atoms with Gasteiger partial charge in [0.25, 0.3) is 0 Å². The van der Waals surface area contributed by atoms with Crippen LogP contribution in [0, 0.1) is 29.2 Å². The number of aliphatic hydroxyl groups excluding tert-OH is 1. The fourth-order valence-corrected chi connectivity index (χ4v) is 5.90. The van der Waals surface area contributed by atoms with Gasteiger partial charge in [0.2, 0.25) is 5.91 Å². The Kier molecular flexibility index (Phi) is 7.23. The van der Waals surface area contributed by atoms with Crippen LogP contribution in [0.2, 0.25) is 0 Å². The second-order valence-electron chi connectivity index (χ2n) is 10.4. The predicted octanol–water partition coefficient (Wildman–Crippen LogP) is 4.92. The topological polar surface area (TPSA) is 43.8 Å². The van der Waals surface area contributed by atoms with Crippen LogP contribution in [0.1, 0.15) is 42.4 Å². The molecule has 2 aliphatic heterocycles. The minimum atomic E-state index is -0.827. The molecule has 0 aromatic heterocycles. The van der Waals surface area contributed by atoms with E-state index < -0.39 is 29.4 Å². The highest BCUT2D eigenvalue weighted by Gasteiger charge is 2.39. The summed E-state index contributed by atoms with van der Waals surface area (Å²) in [6.45, 7) is 3.06. The number of rotatable bonds is 5. The monoisotopic (exact) mass is 514 g/mol. The molecule has 0 radical (unpaired) electrons. The molecule has 1 spiro atoms. The third kappa shape index (κ3) is 5.50. The molecule has 5 rings (SSSR count). The van der Waals surface area contributed by atoms with Crippen molar-refractivity contribution in [2.24, 2.45) is 5.92 Å². The van der Waals surface area contributed by atoms with Gasteiger partial charge in [0.1, 0.15) is 11.6 Å². The van der Waals surface area contributed by atoms with Crippen LogP contribution in [0.25, 0.3) is 12.2 Å². The van der Waals surface area contributed by atoms with Crippen molar-refractivity contribution in [3.63, 3.8) is 0 Å². The van der Waals surface area contributed by atoms with Gasteiger partial charge in [0.05, 0.1) is 6.10 Å². The second kappa shape index (κ2) is 10.4. The Bertz CT molecular complexity index is 1210. The number of aliphatic hydroxyl groups is 1. The van der Waals surface area contributed by atoms with Crippen molar-refractivity contribution >= 4 is 18.1 Å². The number of hydrogen-bond donors (Lipinski definition) is 1. The second-order valence-corrected chi connectivity index (χ2v) is 10.4. The molecule has 2 saturated heterocycles. The molecule has 1 aliphatic carbocycles. The number of amides is 1. The quantitative estimate of drug-likeness (QED) is 0.455. The van der Waals surface area contributed by atoms with Crippen LogP contribution in [0.5, 0.6) is 0 Å². The molecule has 4 nitrogen and oxygen atoms in total. The third-order valence-corrected chi connectivity index (χ3v) is 8.10. The number of piperidine rings is 2. The normalized spacial score (nSPS) is 20.6. The minimum absolute atomic E-state index is 0.0744. The van der Waals surface area contributed by atoms with Crippen molar-refractivity contribution < 1.29 is 27.5 Å². The lowest BCUT2D eigenvalue weighted by Gasteiger charge is -2.41. The summed E-state index contributed by atoms with van der Waals surface area (Å²) in [6, 6.07) is 5.71. The number of likely N-dealkylation sites (tertiary alicyclic amines) is 2. The van der Waals surface area contributed by atoms with Crippen LogP contribution in [-0.2, 0) is 10.2 Å². The molecule has 1 atom stereocenters. The number of allylic oxidation sites excluding steroid dienone is 1. The van der Waals surface area contributed by atoms with Crippen LogP contribution in [-0.4, -0.2) is 59.6 Å². The number of halogens is 4. The van der Waals surface area contributed by atoms with E-state index in [2.05, 4.69) is 11.0 Å². The molecular formula is C29H30F4N2O2. The number of benzene rings is 2. The molecule has 0 bridgehead atoms. The van der Waals surface area contributed by atoms with Crippen LogP contribution in [0.4, 0.5) is 17.6 Å². The third-order valence-electron chi connectivity index (χ3n) is 8.10. The Morgan fingerprint density at radius 2 is 1.62 bits per heavy atom. The van der Waals surface area contributed by atoms with Gasteiger partial charge in [-0.25, -0.2) is 17.6 Å². The Hall–Kier alpha value is -2.97. The van der Waals surface area contributed by atoms with E-state index in [-0.39, 0.29) is 22.8 Å². The number of hydrogen-bond acceptors (Lipinski definition) is 3. The zero-order valence-electron chi connectivity index (χ0n) is 20.5. The lowest BCUT2D eigenvalue weighted by molar-refractivity contribution is -0.128. The fraction of sp³-hybridized carbons (Fsp3) is 0.414. The van der Waals surface area contributed by atoms with E-state index in [4.69, 9.17) is 0 Å². The molecular weight excluding hydrogens is 484 g/mol. The van der Waals surface area contributed by atoms with Crippen molar-refractivity contribution in [1.82, 2.24) is 9.80 Å². The van der Waals surface area contributed by atoms with Crippen molar-refractivity contribution in [2.75, 3.05) is 32.7 Å². The van der Waals surface area contributed by atoms with E-state index in [1.807, 2.05) is 6.08 Å². The van der Waals surface area contributed by atoms with Gasteiger partial charge in [-0.2, -0.15) is 0 Å². The summed E-state index contributed by atoms with van der Waals surface area (Å²) in [6.07, 6.45) is 9.06. The molecule has 3 aliphatic rings. The first-order valence-corrected chi connectivity index (χ1v) is 12.7. The lowest BCUT2D eigenvalue weighted by atomic mass is 9.74. The van der Waals surface area contributed by atoms with Gasteiger partial charge < -0.3 is 14.9 Å². The van der Waals surface area contributed by atoms with E-state index in [1.165, 1.54) is 24.3 Å². The first-order chi connectivity index (χ1) is 17.7. The van der Waals surface area contributed by atoms with Gasteiger partial charge in [0, 0.05) is 37.2 Å². The Morgan fingerprint density at radius 3 is 2.30 bits per heavy atom. The molecule has 1 N–H and O–H groups in total. The van der Waals surface area contributed by atoms with Gasteiger partial charge in [0.15, 0.2) is 11.6 Å². The van der Waals surface area contributed by atoms with Gasteiger partial charge in [-0.3, -0.25) is 4.79 Å². The molecule has 2 aromatic rings. The van der Waals surface area contributed by atoms with Crippen molar-refractivity contribution in [2.45, 2.75) is 37.2 Å². The maximum atomic E-state index is 13.9. The standard InChI is InChI=1S/C29H30F4N2O2/c30-22-13-19(14-23(31)16-22)1-2-28(37)35-9-4-20(5-10-35)27(36)18-34-11-7-29(8-12-34)6-3-21-15-25(32)26(33)17-24(21)29/h1-3,6,13-17,20,27,36H,4-5,7-12,18H2. The van der Waals surface area contributed by atoms with E-state index >= 15 is 0 Å². The van der Waals surface area contributed by atoms with E-state index in [9.17, 15) is 27.5 Å². The number of β-amino-alcohol motifs (C(OH)–C–C–N with tert-alkyl or cyclic N) is 1. The minimum Gasteiger partial charge on any atom is -0.392 e. The SMILES string of the molecule is O=C(C=Cc1cc(F)cc(F)c1)N1CCC(C(O)CN2CCC3(C=Cc4cc(F)c(F)cc43)CC2)CC1. The van der Waals surface area contributed by atoms with Crippen molar-refractivity contribution in [3.05, 3.63) is 82.4 Å². The van der Waals surface area contributed by atoms with E-state index in [1.54, 1.807) is 4.90 Å². The van der Waals surface area contributed by atoms with Gasteiger partial charge >= 0.3 is 0 Å². The van der Waals surface area contributed by atoms with Crippen LogP contribution >= 0.6 is 0 Å². The summed E-state index contributed by atoms with van der Waals surface area (Å²) >= 11 is 0. The largest absolute Gasteiger partial charge is 0.392 e. The highest BCUT2D eigenvalue weighted by Crippen LogP contribution is 2.44. The van der Waals surface area contributed by atoms with Crippen LogP contribution in [0.3, 0.4) is 0 Å². The molecule has 2 heterocycles. The van der Waals surface area contributed by atoms with Crippen molar-refractivity contribution in [3.8, 4) is 0 Å². The molecule has 196 valence electrons. The van der Waals surface area contributed by atoms with Gasteiger partial charge in [-0.05, 0) is 91.7 Å². The fourth-order valence-electron chi connectivity index (χ4n) is 5.90. The summed E-state index contributed by atoms with van der Waals surface area (Å²) in [5, 5.41) is 10.9. The average molecular weight is 515 g/mol. The molecule has 2 aromatic carbocycles. The number of nitrogens with zero attached hydrogens (tertiary/aromatic N) is 2. The molecule has 8 heteroatoms. The molecule has 1 amide bonds. The Morgan fingerprint density at radius 1 is 0.973 bits per heavy atom. The summed E-state index contributed by atoms with van der Waals surface area (Å²) in [4.78, 5) is 16.4.